The van der Waals surface area contributed by atoms with Gasteiger partial charge in [-0.05, 0) is 25.2 Å². The Bertz CT molecular complexity index is 467. The Morgan fingerprint density at radius 1 is 1.30 bits per heavy atom. The topological polar surface area (TPSA) is 73.1 Å². The molecule has 20 heavy (non-hydrogen) atoms. The highest BCUT2D eigenvalue weighted by Crippen LogP contribution is 2.31. The molecular formula is C12H17F3N4O. The predicted molar refractivity (Wildman–Crippen MR) is 66.9 cm³/mol. The number of ether oxygens (including phenoxy) is 1. The Morgan fingerprint density at radius 2 is 2.00 bits per heavy atom. The minimum Gasteiger partial charge on any atom is -0.474 e. The monoisotopic (exact) mass is 290 g/mol. The number of nitrogens with two attached hydrogens (primary N) is 1. The molecule has 112 valence electrons. The summed E-state index contributed by atoms with van der Waals surface area (Å²) in [4.78, 5) is 6.71. The molecule has 1 heterocycles. The summed E-state index contributed by atoms with van der Waals surface area (Å²) in [6.07, 6.45) is -0.807. The van der Waals surface area contributed by atoms with E-state index in [4.69, 9.17) is 10.6 Å². The van der Waals surface area contributed by atoms with Crippen molar-refractivity contribution < 1.29 is 17.9 Å². The second-order valence-electron chi connectivity index (χ2n) is 4.98. The van der Waals surface area contributed by atoms with E-state index in [1.54, 1.807) is 0 Å². The zero-order valence-electron chi connectivity index (χ0n) is 11.1. The first-order valence-corrected chi connectivity index (χ1v) is 6.49. The maximum Gasteiger partial charge on any atom is 0.451 e. The fourth-order valence-electron chi connectivity index (χ4n) is 2.30. The largest absolute Gasteiger partial charge is 0.474 e. The molecule has 1 aliphatic rings. The highest BCUT2D eigenvalue weighted by molar-refractivity contribution is 5.37. The van der Waals surface area contributed by atoms with Crippen LogP contribution in [0.2, 0.25) is 0 Å². The van der Waals surface area contributed by atoms with E-state index in [9.17, 15) is 13.2 Å². The van der Waals surface area contributed by atoms with Crippen LogP contribution in [0.25, 0.3) is 0 Å². The highest BCUT2D eigenvalue weighted by atomic mass is 19.4. The summed E-state index contributed by atoms with van der Waals surface area (Å²) >= 11 is 0. The van der Waals surface area contributed by atoms with Gasteiger partial charge in [0.2, 0.25) is 11.7 Å². The van der Waals surface area contributed by atoms with Crippen molar-refractivity contribution in [1.82, 2.24) is 9.97 Å². The Balaban J connectivity index is 2.22. The first kappa shape index (κ1) is 14.8. The van der Waals surface area contributed by atoms with E-state index >= 15 is 0 Å². The highest BCUT2D eigenvalue weighted by Gasteiger charge is 2.36. The molecule has 2 atom stereocenters. The number of nitrogens with zero attached hydrogens (tertiary/aromatic N) is 2. The van der Waals surface area contributed by atoms with Gasteiger partial charge >= 0.3 is 6.18 Å². The molecule has 0 spiro atoms. The Morgan fingerprint density at radius 3 is 2.60 bits per heavy atom. The molecule has 8 heteroatoms. The molecule has 2 unspecified atom stereocenters. The molecule has 1 saturated carbocycles. The lowest BCUT2D eigenvalue weighted by Gasteiger charge is -2.29. The Hall–Kier alpha value is -1.57. The smallest absolute Gasteiger partial charge is 0.451 e. The number of anilines is 1. The number of nitrogens with one attached hydrogen (secondary N) is 1. The van der Waals surface area contributed by atoms with Crippen LogP contribution < -0.4 is 16.0 Å². The van der Waals surface area contributed by atoms with Gasteiger partial charge in [-0.1, -0.05) is 13.3 Å². The van der Waals surface area contributed by atoms with Crippen molar-refractivity contribution in [3.8, 4) is 5.88 Å². The van der Waals surface area contributed by atoms with Gasteiger partial charge in [-0.3, -0.25) is 0 Å². The second kappa shape index (κ2) is 5.82. The Kier molecular flexibility index (Phi) is 4.32. The quantitative estimate of drug-likeness (QED) is 0.661. The minimum absolute atomic E-state index is 0.0981. The molecule has 2 rings (SSSR count). The summed E-state index contributed by atoms with van der Waals surface area (Å²) in [5, 5.41) is 0. The summed E-state index contributed by atoms with van der Waals surface area (Å²) in [6, 6.07) is 1.27. The van der Waals surface area contributed by atoms with Crippen molar-refractivity contribution in [1.29, 1.82) is 0 Å². The van der Waals surface area contributed by atoms with Crippen LogP contribution in [0.1, 0.15) is 38.4 Å². The summed E-state index contributed by atoms with van der Waals surface area (Å²) < 4.78 is 43.7. The van der Waals surface area contributed by atoms with Crippen molar-refractivity contribution >= 4 is 5.82 Å². The minimum atomic E-state index is -4.64. The van der Waals surface area contributed by atoms with Crippen LogP contribution in [0, 0.1) is 5.92 Å². The van der Waals surface area contributed by atoms with Gasteiger partial charge in [0.25, 0.3) is 0 Å². The van der Waals surface area contributed by atoms with Gasteiger partial charge in [-0.2, -0.15) is 18.2 Å². The average molecular weight is 290 g/mol. The number of aromatic nitrogens is 2. The van der Waals surface area contributed by atoms with Crippen LogP contribution in [0.4, 0.5) is 19.0 Å². The molecular weight excluding hydrogens is 273 g/mol. The van der Waals surface area contributed by atoms with Gasteiger partial charge in [0.15, 0.2) is 0 Å². The van der Waals surface area contributed by atoms with Crippen molar-refractivity contribution in [2.45, 2.75) is 44.9 Å². The second-order valence-corrected chi connectivity index (χ2v) is 4.98. The van der Waals surface area contributed by atoms with Gasteiger partial charge in [0, 0.05) is 6.07 Å². The number of hydrogen-bond donors (Lipinski definition) is 2. The van der Waals surface area contributed by atoms with E-state index < -0.39 is 12.0 Å². The zero-order valence-corrected chi connectivity index (χ0v) is 11.1. The molecule has 3 N–H and O–H groups in total. The maximum absolute atomic E-state index is 12.7. The Labute approximate surface area is 114 Å². The number of rotatable bonds is 3. The van der Waals surface area contributed by atoms with Crippen LogP contribution in [0.5, 0.6) is 5.88 Å². The molecule has 0 saturated heterocycles. The summed E-state index contributed by atoms with van der Waals surface area (Å²) in [5.41, 5.74) is 2.10. The van der Waals surface area contributed by atoms with E-state index in [1.165, 1.54) is 6.07 Å². The predicted octanol–water partition coefficient (Wildman–Crippen LogP) is 2.74. The molecule has 1 aromatic heterocycles. The molecule has 1 aliphatic carbocycles. The lowest BCUT2D eigenvalue weighted by Crippen LogP contribution is -2.29. The molecule has 5 nitrogen and oxygen atoms in total. The van der Waals surface area contributed by atoms with Crippen LogP contribution in [-0.2, 0) is 6.18 Å². The summed E-state index contributed by atoms with van der Waals surface area (Å²) in [6.45, 7) is 2.03. The zero-order chi connectivity index (χ0) is 14.8. The fourth-order valence-corrected chi connectivity index (χ4v) is 2.30. The van der Waals surface area contributed by atoms with Crippen LogP contribution in [0.3, 0.4) is 0 Å². The standard InChI is InChI=1S/C12H17F3N4O/c1-7-4-2-3-5-8(7)20-10-6-9(19-16)17-11(18-10)12(13,14)15/h6-8H,2-5,16H2,1H3,(H,17,18,19). The van der Waals surface area contributed by atoms with Crippen LogP contribution >= 0.6 is 0 Å². The fraction of sp³-hybridized carbons (Fsp3) is 0.667. The number of alkyl halides is 3. The molecule has 0 aliphatic heterocycles. The van der Waals surface area contributed by atoms with Crippen molar-refractivity contribution in [3.05, 3.63) is 11.9 Å². The SMILES string of the molecule is CC1CCCCC1Oc1cc(NN)nc(C(F)(F)F)n1. The van der Waals surface area contributed by atoms with Crippen LogP contribution in [-0.4, -0.2) is 16.1 Å². The number of halogens is 3. The third-order valence-corrected chi connectivity index (χ3v) is 3.41. The van der Waals surface area contributed by atoms with E-state index in [2.05, 4.69) is 15.4 Å². The summed E-state index contributed by atoms with van der Waals surface area (Å²) in [5.74, 6) is 3.95. The number of hydrogen-bond acceptors (Lipinski definition) is 5. The van der Waals surface area contributed by atoms with Crippen molar-refractivity contribution in [3.63, 3.8) is 0 Å². The molecule has 0 bridgehead atoms. The molecule has 0 amide bonds. The van der Waals surface area contributed by atoms with Crippen LogP contribution in [0.15, 0.2) is 6.07 Å². The van der Waals surface area contributed by atoms with Gasteiger partial charge < -0.3 is 10.2 Å². The van der Waals surface area contributed by atoms with E-state index in [-0.39, 0.29) is 17.8 Å². The van der Waals surface area contributed by atoms with Gasteiger partial charge in [0.1, 0.15) is 11.9 Å². The summed E-state index contributed by atoms with van der Waals surface area (Å²) in [7, 11) is 0. The number of nitrogen functional groups attached to an aromatic ring is 1. The molecule has 1 aromatic rings. The third-order valence-electron chi connectivity index (χ3n) is 3.41. The average Bonchev–Trinajstić information content (AvgIpc) is 2.40. The molecule has 0 radical (unpaired) electrons. The normalized spacial score (nSPS) is 23.4. The van der Waals surface area contributed by atoms with Gasteiger partial charge in [0.05, 0.1) is 0 Å². The van der Waals surface area contributed by atoms with Crippen molar-refractivity contribution in [2.24, 2.45) is 11.8 Å². The third kappa shape index (κ3) is 3.50. The first-order valence-electron chi connectivity index (χ1n) is 6.49. The lowest BCUT2D eigenvalue weighted by molar-refractivity contribution is -0.145. The van der Waals surface area contributed by atoms with E-state index in [1.807, 2.05) is 6.92 Å². The van der Waals surface area contributed by atoms with Gasteiger partial charge in [-0.25, -0.2) is 10.8 Å². The maximum atomic E-state index is 12.7. The number of hydrazine groups is 1. The van der Waals surface area contributed by atoms with Crippen molar-refractivity contribution in [2.75, 3.05) is 5.43 Å². The van der Waals surface area contributed by atoms with E-state index in [0.29, 0.717) is 5.92 Å². The molecule has 0 aromatic carbocycles. The molecule has 1 fully saturated rings. The lowest BCUT2D eigenvalue weighted by atomic mass is 9.88. The van der Waals surface area contributed by atoms with Gasteiger partial charge in [-0.15, -0.1) is 0 Å². The van der Waals surface area contributed by atoms with E-state index in [0.717, 1.165) is 25.7 Å². The first-order chi connectivity index (χ1) is 9.40.